The van der Waals surface area contributed by atoms with Gasteiger partial charge in [0, 0.05) is 35.0 Å². The number of para-hydroxylation sites is 1. The summed E-state index contributed by atoms with van der Waals surface area (Å²) in [6.45, 7) is 6.70. The number of nitrogens with zero attached hydrogens (tertiary/aromatic N) is 1. The molecule has 4 aromatic rings. The fraction of sp³-hybridized carbons (Fsp3) is 0.278. The molecule has 2 aliphatic rings. The van der Waals surface area contributed by atoms with Gasteiger partial charge < -0.3 is 19.9 Å². The summed E-state index contributed by atoms with van der Waals surface area (Å²) in [5.74, 6) is 0.194. The fourth-order valence-corrected chi connectivity index (χ4v) is 11.4. The Bertz CT molecular complexity index is 1660. The van der Waals surface area contributed by atoms with Crippen LogP contribution in [0.15, 0.2) is 103 Å². The minimum atomic E-state index is -2.31. The lowest BCUT2D eigenvalue weighted by molar-refractivity contribution is -0.145. The van der Waals surface area contributed by atoms with Crippen molar-refractivity contribution in [3.8, 4) is 5.75 Å². The molecule has 0 bridgehead atoms. The molecule has 0 saturated carbocycles. The number of rotatable bonds is 8. The molecule has 226 valence electrons. The molecule has 2 aliphatic heterocycles. The number of aliphatic hydroxyl groups excluding tert-OH is 1. The lowest BCUT2D eigenvalue weighted by Gasteiger charge is -2.37. The molecule has 4 atom stereocenters. The van der Waals surface area contributed by atoms with E-state index < -0.39 is 13.7 Å². The molecule has 0 aromatic heterocycles. The topological polar surface area (TPSA) is 88.1 Å². The first-order valence-electron chi connectivity index (χ1n) is 15.1. The van der Waals surface area contributed by atoms with Gasteiger partial charge in [-0.3, -0.25) is 14.5 Å². The molecule has 4 aromatic carbocycles. The molecule has 8 heteroatoms. The van der Waals surface area contributed by atoms with Crippen LogP contribution in [-0.2, 0) is 15.1 Å². The third-order valence-electron chi connectivity index (χ3n) is 9.47. The van der Waals surface area contributed by atoms with Crippen LogP contribution < -0.4 is 20.1 Å². The van der Waals surface area contributed by atoms with Crippen LogP contribution in [0.1, 0.15) is 29.3 Å². The van der Waals surface area contributed by atoms with Crippen LogP contribution in [0, 0.1) is 5.92 Å². The zero-order valence-electron chi connectivity index (χ0n) is 25.5. The molecule has 0 radical (unpaired) electrons. The van der Waals surface area contributed by atoms with Crippen molar-refractivity contribution in [3.05, 3.63) is 114 Å². The first-order chi connectivity index (χ1) is 21.2. The number of carbonyl (C=O) groups excluding carboxylic acids is 2. The van der Waals surface area contributed by atoms with Crippen molar-refractivity contribution < 1.29 is 24.2 Å². The van der Waals surface area contributed by atoms with Crippen molar-refractivity contribution in [3.63, 3.8) is 0 Å². The number of carbonyl (C=O) groups is 2. The molecule has 6 rings (SSSR count). The Hall–Kier alpha value is -4.24. The first kappa shape index (κ1) is 29.8. The van der Waals surface area contributed by atoms with Gasteiger partial charge in [-0.1, -0.05) is 73.7 Å². The number of ether oxygens (including phenoxy) is 2. The number of hydrogen-bond acceptors (Lipinski definition) is 5. The van der Waals surface area contributed by atoms with E-state index in [1.807, 2.05) is 78.9 Å². The number of methoxy groups -OCH3 is 1. The zero-order chi connectivity index (χ0) is 31.1. The highest BCUT2D eigenvalue weighted by atomic mass is 28.3. The van der Waals surface area contributed by atoms with Crippen LogP contribution in [0.3, 0.4) is 0 Å². The molecule has 2 N–H and O–H groups in total. The van der Waals surface area contributed by atoms with Crippen LogP contribution in [0.4, 0.5) is 17.1 Å². The van der Waals surface area contributed by atoms with Gasteiger partial charge >= 0.3 is 0 Å². The van der Waals surface area contributed by atoms with Gasteiger partial charge in [-0.2, -0.15) is 0 Å². The molecule has 0 aliphatic carbocycles. The third-order valence-corrected chi connectivity index (χ3v) is 13.8. The van der Waals surface area contributed by atoms with Crippen LogP contribution in [0.25, 0.3) is 0 Å². The van der Waals surface area contributed by atoms with Gasteiger partial charge in [0.25, 0.3) is 11.8 Å². The minimum absolute atomic E-state index is 0.0122. The molecule has 44 heavy (non-hydrogen) atoms. The molecule has 0 unspecified atom stereocenters. The Kier molecular flexibility index (Phi) is 7.92. The van der Waals surface area contributed by atoms with E-state index in [0.717, 1.165) is 22.7 Å². The molecule has 2 amide bonds. The fourth-order valence-electron chi connectivity index (χ4n) is 7.34. The van der Waals surface area contributed by atoms with E-state index in [2.05, 4.69) is 37.5 Å². The Labute approximate surface area is 259 Å². The zero-order valence-corrected chi connectivity index (χ0v) is 26.5. The van der Waals surface area contributed by atoms with E-state index in [-0.39, 0.29) is 36.0 Å². The molecule has 1 fully saturated rings. The van der Waals surface area contributed by atoms with Crippen molar-refractivity contribution in [1.29, 1.82) is 0 Å². The summed E-state index contributed by atoms with van der Waals surface area (Å²) in [4.78, 5) is 29.7. The van der Waals surface area contributed by atoms with E-state index in [0.29, 0.717) is 17.7 Å². The van der Waals surface area contributed by atoms with Crippen molar-refractivity contribution in [1.82, 2.24) is 0 Å². The highest BCUT2D eigenvalue weighted by Gasteiger charge is 2.66. The van der Waals surface area contributed by atoms with Crippen molar-refractivity contribution in [2.45, 2.75) is 43.7 Å². The van der Waals surface area contributed by atoms with Crippen LogP contribution in [0.5, 0.6) is 5.75 Å². The molecule has 2 heterocycles. The van der Waals surface area contributed by atoms with E-state index in [1.54, 1.807) is 24.1 Å². The second kappa shape index (κ2) is 11.7. The minimum Gasteiger partial charge on any atom is -0.497 e. The second-order valence-corrected chi connectivity index (χ2v) is 16.9. The number of aliphatic hydroxyl groups is 1. The summed E-state index contributed by atoms with van der Waals surface area (Å²) in [6.07, 6.45) is 0.0794. The van der Waals surface area contributed by atoms with E-state index in [9.17, 15) is 14.7 Å². The Morgan fingerprint density at radius 3 is 2.27 bits per heavy atom. The lowest BCUT2D eigenvalue weighted by Crippen LogP contribution is -2.51. The Balaban J connectivity index is 1.47. The van der Waals surface area contributed by atoms with Crippen LogP contribution in [-0.4, -0.2) is 44.8 Å². The largest absolute Gasteiger partial charge is 0.497 e. The monoisotopic (exact) mass is 606 g/mol. The van der Waals surface area contributed by atoms with Gasteiger partial charge in [-0.15, -0.1) is 0 Å². The van der Waals surface area contributed by atoms with Gasteiger partial charge in [0.1, 0.15) is 5.75 Å². The maximum absolute atomic E-state index is 14.8. The third kappa shape index (κ3) is 4.83. The van der Waals surface area contributed by atoms with Gasteiger partial charge in [-0.25, -0.2) is 0 Å². The van der Waals surface area contributed by atoms with Gasteiger partial charge in [0.05, 0.1) is 27.0 Å². The second-order valence-electron chi connectivity index (χ2n) is 12.2. The van der Waals surface area contributed by atoms with E-state index >= 15 is 0 Å². The number of fused-ring (bicyclic) bond motifs is 2. The predicted octanol–water partition coefficient (Wildman–Crippen LogP) is 6.22. The Morgan fingerprint density at radius 1 is 0.977 bits per heavy atom. The van der Waals surface area contributed by atoms with E-state index in [1.165, 1.54) is 5.19 Å². The normalized spacial score (nSPS) is 22.7. The lowest BCUT2D eigenvalue weighted by atomic mass is 9.82. The van der Waals surface area contributed by atoms with Gasteiger partial charge in [-0.05, 0) is 66.6 Å². The van der Waals surface area contributed by atoms with Crippen LogP contribution in [0.2, 0.25) is 18.6 Å². The smallest absolute Gasteiger partial charge is 0.268 e. The molecular weight excluding hydrogens is 568 g/mol. The number of benzene rings is 4. The number of amides is 2. The quantitative estimate of drug-likeness (QED) is 0.233. The summed E-state index contributed by atoms with van der Waals surface area (Å²) in [6, 6.07) is 32.5. The summed E-state index contributed by atoms with van der Waals surface area (Å²) < 4.78 is 12.4. The summed E-state index contributed by atoms with van der Waals surface area (Å²) in [5.41, 5.74) is 2.07. The summed E-state index contributed by atoms with van der Waals surface area (Å²) in [5, 5.41) is 14.4. The van der Waals surface area contributed by atoms with Crippen molar-refractivity contribution in [2.24, 2.45) is 5.92 Å². The van der Waals surface area contributed by atoms with Gasteiger partial charge in [0.2, 0.25) is 0 Å². The number of anilines is 3. The first-order valence-corrected chi connectivity index (χ1v) is 18.1. The number of nitrogens with one attached hydrogen (secondary N) is 1. The standard InChI is InChI=1S/C36H38N2O5Si/c1-24-33(44(3,4)29-18-16-28(42-2)17-19-29)32(21-22-39)43-36(24)30-23-26(37-34(40)25-11-7-5-8-12-25)15-20-31(30)38(35(36)41)27-13-9-6-10-14-27/h5-20,23-24,32-33,39H,21-22H2,1-4H3,(H,37,40)/t24-,32+,33-,36+/m0/s1. The molecule has 1 saturated heterocycles. The molecule has 7 nitrogen and oxygen atoms in total. The molecule has 1 spiro atoms. The summed E-state index contributed by atoms with van der Waals surface area (Å²) in [7, 11) is -0.651. The maximum atomic E-state index is 14.8. The Morgan fingerprint density at radius 2 is 1.64 bits per heavy atom. The maximum Gasteiger partial charge on any atom is 0.268 e. The highest BCUT2D eigenvalue weighted by Crippen LogP contribution is 2.61. The predicted molar refractivity (Wildman–Crippen MR) is 176 cm³/mol. The van der Waals surface area contributed by atoms with Crippen molar-refractivity contribution >= 4 is 42.1 Å². The average molecular weight is 607 g/mol. The SMILES string of the molecule is COc1ccc([Si](C)(C)[C@@H]2[C@@H](CCO)O[C@]3(C(=O)N(c4ccccc4)c4ccc(NC(=O)c5ccccc5)cc43)[C@H]2C)cc1. The van der Waals surface area contributed by atoms with E-state index in [4.69, 9.17) is 9.47 Å². The van der Waals surface area contributed by atoms with Crippen LogP contribution >= 0.6 is 0 Å². The van der Waals surface area contributed by atoms with Gasteiger partial charge in [0.15, 0.2) is 5.60 Å². The molecular formula is C36H38N2O5Si. The summed E-state index contributed by atoms with van der Waals surface area (Å²) >= 11 is 0. The average Bonchev–Trinajstić information content (AvgIpc) is 3.48. The highest BCUT2D eigenvalue weighted by molar-refractivity contribution is 6.91. The van der Waals surface area contributed by atoms with Crippen molar-refractivity contribution in [2.75, 3.05) is 23.9 Å². The number of hydrogen-bond donors (Lipinski definition) is 2.